The molecule has 0 N–H and O–H groups in total. The lowest BCUT2D eigenvalue weighted by Gasteiger charge is -2.11. The van der Waals surface area contributed by atoms with Crippen LogP contribution in [0.25, 0.3) is 0 Å². The molecule has 0 unspecified atom stereocenters. The average molecular weight is 231 g/mol. The molecule has 0 aliphatic heterocycles. The van der Waals surface area contributed by atoms with Crippen LogP contribution < -0.4 is 0 Å². The van der Waals surface area contributed by atoms with Gasteiger partial charge in [-0.25, -0.2) is 0 Å². The van der Waals surface area contributed by atoms with Crippen molar-refractivity contribution in [2.45, 2.75) is 33.6 Å². The van der Waals surface area contributed by atoms with Crippen LogP contribution in [-0.2, 0) is 22.4 Å². The quantitative estimate of drug-likeness (QED) is 0.748. The number of esters is 1. The number of carbonyl (C=O) groups is 1. The standard InChI is InChI=1S/C14H17NO2/c1-4-11-6-10(3)7-12(9-15)13(11)8-14(16)17-5-2/h6-7H,4-5,8H2,1-3H3. The van der Waals surface area contributed by atoms with E-state index in [0.29, 0.717) is 12.2 Å². The SMILES string of the molecule is CCOC(=O)Cc1c(C#N)cc(C)cc1CC. The van der Waals surface area contributed by atoms with Gasteiger partial charge < -0.3 is 4.74 Å². The molecule has 0 radical (unpaired) electrons. The molecule has 0 aliphatic rings. The van der Waals surface area contributed by atoms with E-state index in [1.54, 1.807) is 6.92 Å². The highest BCUT2D eigenvalue weighted by molar-refractivity contribution is 5.74. The van der Waals surface area contributed by atoms with Crippen LogP contribution in [0.4, 0.5) is 0 Å². The third-order valence-corrected chi connectivity index (χ3v) is 2.61. The van der Waals surface area contributed by atoms with Gasteiger partial charge in [-0.15, -0.1) is 0 Å². The van der Waals surface area contributed by atoms with Crippen LogP contribution in [0.5, 0.6) is 0 Å². The smallest absolute Gasteiger partial charge is 0.310 e. The largest absolute Gasteiger partial charge is 0.466 e. The summed E-state index contributed by atoms with van der Waals surface area (Å²) in [6.45, 7) is 6.12. The van der Waals surface area contributed by atoms with Gasteiger partial charge in [-0.05, 0) is 43.0 Å². The number of benzene rings is 1. The van der Waals surface area contributed by atoms with Crippen molar-refractivity contribution in [1.29, 1.82) is 5.26 Å². The second kappa shape index (κ2) is 6.05. The molecule has 3 nitrogen and oxygen atoms in total. The van der Waals surface area contributed by atoms with E-state index >= 15 is 0 Å². The molecule has 0 heterocycles. The monoisotopic (exact) mass is 231 g/mol. The third-order valence-electron chi connectivity index (χ3n) is 2.61. The molecule has 0 amide bonds. The average Bonchev–Trinajstić information content (AvgIpc) is 2.31. The number of rotatable bonds is 4. The highest BCUT2D eigenvalue weighted by Gasteiger charge is 2.13. The lowest BCUT2D eigenvalue weighted by molar-refractivity contribution is -0.142. The summed E-state index contributed by atoms with van der Waals surface area (Å²) in [7, 11) is 0. The molecule has 90 valence electrons. The van der Waals surface area contributed by atoms with E-state index in [4.69, 9.17) is 10.00 Å². The first kappa shape index (κ1) is 13.2. The maximum Gasteiger partial charge on any atom is 0.310 e. The van der Waals surface area contributed by atoms with Crippen LogP contribution in [0.1, 0.15) is 36.1 Å². The Morgan fingerprint density at radius 1 is 1.41 bits per heavy atom. The predicted octanol–water partition coefficient (Wildman–Crippen LogP) is 2.53. The summed E-state index contributed by atoms with van der Waals surface area (Å²) >= 11 is 0. The molecule has 0 bridgehead atoms. The van der Waals surface area contributed by atoms with Gasteiger partial charge in [0.25, 0.3) is 0 Å². The number of nitrogens with zero attached hydrogens (tertiary/aromatic N) is 1. The number of ether oxygens (including phenoxy) is 1. The van der Waals surface area contributed by atoms with E-state index in [1.165, 1.54) is 0 Å². The summed E-state index contributed by atoms with van der Waals surface area (Å²) in [6.07, 6.45) is 0.991. The van der Waals surface area contributed by atoms with E-state index in [1.807, 2.05) is 26.0 Å². The van der Waals surface area contributed by atoms with Crippen molar-refractivity contribution in [3.05, 3.63) is 34.4 Å². The molecule has 17 heavy (non-hydrogen) atoms. The molecule has 1 aromatic carbocycles. The Morgan fingerprint density at radius 2 is 2.12 bits per heavy atom. The second-order valence-electron chi connectivity index (χ2n) is 3.90. The van der Waals surface area contributed by atoms with Gasteiger partial charge in [0.1, 0.15) is 0 Å². The van der Waals surface area contributed by atoms with Crippen LogP contribution in [0.15, 0.2) is 12.1 Å². The Kier molecular flexibility index (Phi) is 4.71. The number of carbonyl (C=O) groups excluding carboxylic acids is 1. The molecule has 0 spiro atoms. The maximum absolute atomic E-state index is 11.5. The normalized spacial score (nSPS) is 9.76. The lowest BCUT2D eigenvalue weighted by atomic mass is 9.95. The molecule has 0 atom stereocenters. The van der Waals surface area contributed by atoms with Gasteiger partial charge in [-0.2, -0.15) is 5.26 Å². The first-order valence-electron chi connectivity index (χ1n) is 5.80. The molecule has 0 aliphatic carbocycles. The van der Waals surface area contributed by atoms with Crippen LogP contribution >= 0.6 is 0 Å². The van der Waals surface area contributed by atoms with E-state index in [-0.39, 0.29) is 12.4 Å². The first-order valence-corrected chi connectivity index (χ1v) is 5.80. The van der Waals surface area contributed by atoms with Gasteiger partial charge in [0.2, 0.25) is 0 Å². The minimum atomic E-state index is -0.275. The highest BCUT2D eigenvalue weighted by atomic mass is 16.5. The maximum atomic E-state index is 11.5. The Morgan fingerprint density at radius 3 is 2.65 bits per heavy atom. The molecule has 0 aromatic heterocycles. The van der Waals surface area contributed by atoms with Crippen LogP contribution in [0, 0.1) is 18.3 Å². The molecule has 1 rings (SSSR count). The van der Waals surface area contributed by atoms with Gasteiger partial charge in [0.15, 0.2) is 0 Å². The van der Waals surface area contributed by atoms with Crippen LogP contribution in [-0.4, -0.2) is 12.6 Å². The fraction of sp³-hybridized carbons (Fsp3) is 0.429. The van der Waals surface area contributed by atoms with E-state index < -0.39 is 0 Å². The molecular weight excluding hydrogens is 214 g/mol. The van der Waals surface area contributed by atoms with Crippen molar-refractivity contribution in [2.75, 3.05) is 6.61 Å². The summed E-state index contributed by atoms with van der Waals surface area (Å²) in [4.78, 5) is 11.5. The van der Waals surface area contributed by atoms with Gasteiger partial charge in [-0.1, -0.05) is 13.0 Å². The molecule has 0 fully saturated rings. The van der Waals surface area contributed by atoms with Crippen molar-refractivity contribution < 1.29 is 9.53 Å². The molecular formula is C14H17NO2. The molecule has 1 aromatic rings. The summed E-state index contributed by atoms with van der Waals surface area (Å²) in [6, 6.07) is 5.99. The van der Waals surface area contributed by atoms with Crippen LogP contribution in [0.3, 0.4) is 0 Å². The molecule has 0 saturated heterocycles. The number of aryl methyl sites for hydroxylation is 2. The zero-order valence-corrected chi connectivity index (χ0v) is 10.5. The molecule has 0 saturated carbocycles. The van der Waals surface area contributed by atoms with Crippen molar-refractivity contribution in [1.82, 2.24) is 0 Å². The minimum Gasteiger partial charge on any atom is -0.466 e. The second-order valence-corrected chi connectivity index (χ2v) is 3.90. The Hall–Kier alpha value is -1.82. The Bertz CT molecular complexity index is 458. The van der Waals surface area contributed by atoms with Crippen molar-refractivity contribution in [3.63, 3.8) is 0 Å². The topological polar surface area (TPSA) is 50.1 Å². The first-order chi connectivity index (χ1) is 8.12. The summed E-state index contributed by atoms with van der Waals surface area (Å²) < 4.78 is 4.93. The fourth-order valence-corrected chi connectivity index (χ4v) is 1.87. The Balaban J connectivity index is 3.12. The van der Waals surface area contributed by atoms with Gasteiger partial charge in [0.05, 0.1) is 24.7 Å². The van der Waals surface area contributed by atoms with Gasteiger partial charge in [0, 0.05) is 0 Å². The highest BCUT2D eigenvalue weighted by Crippen LogP contribution is 2.19. The third kappa shape index (κ3) is 3.32. The predicted molar refractivity (Wildman–Crippen MR) is 65.6 cm³/mol. The number of hydrogen-bond donors (Lipinski definition) is 0. The zero-order valence-electron chi connectivity index (χ0n) is 10.5. The van der Waals surface area contributed by atoms with Crippen molar-refractivity contribution in [2.24, 2.45) is 0 Å². The lowest BCUT2D eigenvalue weighted by Crippen LogP contribution is -2.11. The van der Waals surface area contributed by atoms with E-state index in [2.05, 4.69) is 6.07 Å². The van der Waals surface area contributed by atoms with Crippen molar-refractivity contribution >= 4 is 5.97 Å². The Labute approximate surface area is 102 Å². The number of nitriles is 1. The van der Waals surface area contributed by atoms with Crippen molar-refractivity contribution in [3.8, 4) is 6.07 Å². The van der Waals surface area contributed by atoms with Crippen LogP contribution in [0.2, 0.25) is 0 Å². The zero-order chi connectivity index (χ0) is 12.8. The van der Waals surface area contributed by atoms with Gasteiger partial charge in [-0.3, -0.25) is 4.79 Å². The minimum absolute atomic E-state index is 0.181. The van der Waals surface area contributed by atoms with Gasteiger partial charge >= 0.3 is 5.97 Å². The summed E-state index contributed by atoms with van der Waals surface area (Å²) in [5, 5.41) is 9.10. The van der Waals surface area contributed by atoms with E-state index in [0.717, 1.165) is 23.1 Å². The van der Waals surface area contributed by atoms with E-state index in [9.17, 15) is 4.79 Å². The number of hydrogen-bond acceptors (Lipinski definition) is 3. The summed E-state index contributed by atoms with van der Waals surface area (Å²) in [5.74, 6) is -0.275. The fourth-order valence-electron chi connectivity index (χ4n) is 1.87. The summed E-state index contributed by atoms with van der Waals surface area (Å²) in [5.41, 5.74) is 3.48. The molecule has 3 heteroatoms.